The molecule has 0 aliphatic rings. The number of halogens is 4. The number of methoxy groups -OCH3 is 4. The number of hydrogen-bond donors (Lipinski definition) is 4. The third-order valence-electron chi connectivity index (χ3n) is 20.2. The van der Waals surface area contributed by atoms with Gasteiger partial charge in [0.25, 0.3) is 0 Å². The zero-order valence-electron chi connectivity index (χ0n) is 67.9. The Labute approximate surface area is 697 Å². The fourth-order valence-electron chi connectivity index (χ4n) is 13.6. The zero-order chi connectivity index (χ0) is 86.7. The molecule has 4 aromatic carbocycles. The van der Waals surface area contributed by atoms with E-state index in [2.05, 4.69) is 86.1 Å². The molecule has 122 heavy (non-hydrogen) atoms. The Morgan fingerprint density at radius 2 is 0.598 bits per heavy atom. The summed E-state index contributed by atoms with van der Waals surface area (Å²) in [6.45, 7) is 17.7. The molecule has 24 nitrogen and oxygen atoms in total. The lowest BCUT2D eigenvalue weighted by atomic mass is 10.0. The van der Waals surface area contributed by atoms with E-state index in [9.17, 15) is 36.7 Å². The Hall–Kier alpha value is -16.0. The molecule has 28 heteroatoms. The van der Waals surface area contributed by atoms with Crippen molar-refractivity contribution < 1.29 is 55.7 Å². The number of fused-ring (bicyclic) bond motifs is 4. The number of rotatable bonds is 20. The van der Waals surface area contributed by atoms with Gasteiger partial charge in [-0.2, -0.15) is 0 Å². The van der Waals surface area contributed by atoms with Crippen molar-refractivity contribution in [1.82, 2.24) is 59.8 Å². The molecule has 0 atom stereocenters. The predicted molar refractivity (Wildman–Crippen MR) is 469 cm³/mol. The minimum atomic E-state index is -0.630. The number of carbonyl (C=O) groups is 4. The molecule has 0 aliphatic carbocycles. The van der Waals surface area contributed by atoms with Gasteiger partial charge in [0.15, 0.2) is 23.1 Å². The number of aromatic amines is 4. The molecular formula is C94H80F4N16O8. The highest BCUT2D eigenvalue weighted by Crippen LogP contribution is 2.42. The monoisotopic (exact) mass is 1640 g/mol. The molecule has 12 aromatic heterocycles. The molecular weight excluding hydrogens is 1560 g/mol. The number of carbonyl (C=O) groups excluding carboxylic acids is 4. The number of nitrogens with one attached hydrogen (secondary N) is 4. The third-order valence-corrected chi connectivity index (χ3v) is 20.2. The highest BCUT2D eigenvalue weighted by Gasteiger charge is 2.24. The van der Waals surface area contributed by atoms with E-state index in [1.807, 2.05) is 111 Å². The quantitative estimate of drug-likeness (QED) is 0.0407. The van der Waals surface area contributed by atoms with Crippen LogP contribution in [0.3, 0.4) is 0 Å². The number of hydrogen-bond acceptors (Lipinski definition) is 16. The van der Waals surface area contributed by atoms with E-state index in [0.29, 0.717) is 28.5 Å². The maximum atomic E-state index is 14.9. The fourth-order valence-corrected chi connectivity index (χ4v) is 13.6. The van der Waals surface area contributed by atoms with E-state index in [1.165, 1.54) is 74.1 Å². The summed E-state index contributed by atoms with van der Waals surface area (Å²) in [5, 5.41) is 3.65. The van der Waals surface area contributed by atoms with E-state index in [4.69, 9.17) is 18.9 Å². The van der Waals surface area contributed by atoms with Crippen LogP contribution in [-0.2, 0) is 19.2 Å². The first kappa shape index (κ1) is 83.9. The number of H-pyrrole nitrogens is 4. The molecule has 0 aliphatic heterocycles. The molecule has 612 valence electrons. The van der Waals surface area contributed by atoms with Crippen LogP contribution in [0.25, 0.3) is 133 Å². The lowest BCUT2D eigenvalue weighted by Gasteiger charge is -2.19. The summed E-state index contributed by atoms with van der Waals surface area (Å²) in [6, 6.07) is 39.0. The Morgan fingerprint density at radius 3 is 0.885 bits per heavy atom. The van der Waals surface area contributed by atoms with Crippen molar-refractivity contribution in [3.05, 3.63) is 293 Å². The van der Waals surface area contributed by atoms with Crippen molar-refractivity contribution in [1.29, 1.82) is 0 Å². The molecule has 0 saturated heterocycles. The first-order valence-electron chi connectivity index (χ1n) is 37.6. The molecule has 16 rings (SSSR count). The summed E-state index contributed by atoms with van der Waals surface area (Å²) in [4.78, 5) is 100. The molecule has 0 unspecified atom stereocenters. The van der Waals surface area contributed by atoms with Crippen molar-refractivity contribution in [3.8, 4) is 112 Å². The summed E-state index contributed by atoms with van der Waals surface area (Å²) >= 11 is 0. The Bertz CT molecular complexity index is 6760. The van der Waals surface area contributed by atoms with Gasteiger partial charge in [0.2, 0.25) is 35.4 Å². The van der Waals surface area contributed by atoms with Gasteiger partial charge in [0.05, 0.1) is 51.2 Å². The minimum absolute atomic E-state index is 0.0227. The number of ether oxygens (including phenoxy) is 4. The molecule has 4 N–H and O–H groups in total. The van der Waals surface area contributed by atoms with Gasteiger partial charge in [0, 0.05) is 192 Å². The van der Waals surface area contributed by atoms with E-state index < -0.39 is 35.1 Å². The molecule has 0 fully saturated rings. The first-order chi connectivity index (χ1) is 58.9. The summed E-state index contributed by atoms with van der Waals surface area (Å²) in [5.74, 6) is -2.76. The summed E-state index contributed by atoms with van der Waals surface area (Å²) in [6.07, 6.45) is 25.9. The van der Waals surface area contributed by atoms with Crippen molar-refractivity contribution in [3.63, 3.8) is 0 Å². The van der Waals surface area contributed by atoms with Crippen LogP contribution in [0.4, 0.5) is 40.3 Å². The number of likely N-dealkylation sites (N-methyl/N-ethyl adjacent to an activating group) is 4. The van der Waals surface area contributed by atoms with Gasteiger partial charge in [0.1, 0.15) is 34.2 Å². The second kappa shape index (κ2) is 36.7. The number of aromatic nitrogens is 12. The minimum Gasteiger partial charge on any atom is -0.494 e. The zero-order valence-corrected chi connectivity index (χ0v) is 67.9. The second-order valence-electron chi connectivity index (χ2n) is 27.6. The van der Waals surface area contributed by atoms with Crippen molar-refractivity contribution in [2.75, 3.05) is 76.2 Å². The number of pyridine rings is 8. The molecule has 4 amide bonds. The first-order valence-corrected chi connectivity index (χ1v) is 37.6. The summed E-state index contributed by atoms with van der Waals surface area (Å²) in [7, 11) is 11.9. The Kier molecular flexibility index (Phi) is 25.2. The highest BCUT2D eigenvalue weighted by molar-refractivity contribution is 6.06. The number of anilines is 4. The van der Waals surface area contributed by atoms with Crippen molar-refractivity contribution >= 4 is 90.5 Å². The Balaban J connectivity index is 0.000000140. The molecule has 0 saturated carbocycles. The van der Waals surface area contributed by atoms with E-state index >= 15 is 0 Å². The van der Waals surface area contributed by atoms with Gasteiger partial charge in [-0.15, -0.1) is 0 Å². The number of amides is 4. The lowest BCUT2D eigenvalue weighted by Crippen LogP contribution is -2.25. The summed E-state index contributed by atoms with van der Waals surface area (Å²) in [5.41, 5.74) is 19.0. The van der Waals surface area contributed by atoms with Crippen LogP contribution in [0.2, 0.25) is 0 Å². The van der Waals surface area contributed by atoms with E-state index in [1.54, 1.807) is 112 Å². The van der Waals surface area contributed by atoms with E-state index in [-0.39, 0.29) is 46.1 Å². The topological polar surface area (TPSA) is 284 Å². The lowest BCUT2D eigenvalue weighted by molar-refractivity contribution is -0.114. The van der Waals surface area contributed by atoms with Crippen LogP contribution < -0.4 is 38.5 Å². The molecule has 16 aromatic rings. The molecule has 12 heterocycles. The van der Waals surface area contributed by atoms with Crippen molar-refractivity contribution in [2.45, 2.75) is 13.8 Å². The average Bonchev–Trinajstić information content (AvgIpc) is 1.62. The second-order valence-corrected chi connectivity index (χ2v) is 27.6. The Morgan fingerprint density at radius 1 is 0.320 bits per heavy atom. The number of nitrogens with zero attached hydrogens (tertiary/aromatic N) is 12. The van der Waals surface area contributed by atoms with Crippen molar-refractivity contribution in [2.24, 2.45) is 0 Å². The maximum absolute atomic E-state index is 14.9. The molecule has 0 spiro atoms. The van der Waals surface area contributed by atoms with Gasteiger partial charge < -0.3 is 58.5 Å². The van der Waals surface area contributed by atoms with Crippen LogP contribution in [0, 0.1) is 37.1 Å². The largest absolute Gasteiger partial charge is 0.494 e. The predicted octanol–water partition coefficient (Wildman–Crippen LogP) is 19.0. The van der Waals surface area contributed by atoms with Crippen LogP contribution in [0.15, 0.2) is 258 Å². The normalized spacial score (nSPS) is 10.8. The maximum Gasteiger partial charge on any atom is 0.250 e. The van der Waals surface area contributed by atoms with Gasteiger partial charge >= 0.3 is 0 Å². The van der Waals surface area contributed by atoms with Crippen LogP contribution in [-0.4, -0.2) is 140 Å². The third kappa shape index (κ3) is 17.7. The van der Waals surface area contributed by atoms with Gasteiger partial charge in [-0.05, 0) is 192 Å². The van der Waals surface area contributed by atoms with Crippen LogP contribution >= 0.6 is 0 Å². The highest BCUT2D eigenvalue weighted by atomic mass is 19.1. The number of aryl methyl sites for hydroxylation is 2. The van der Waals surface area contributed by atoms with Gasteiger partial charge in [-0.1, -0.05) is 38.4 Å². The van der Waals surface area contributed by atoms with Crippen LogP contribution in [0.1, 0.15) is 11.4 Å². The molecule has 0 bridgehead atoms. The average molecular weight is 1640 g/mol. The fraction of sp³-hybridized carbons (Fsp3) is 0.106. The van der Waals surface area contributed by atoms with E-state index in [0.717, 1.165) is 152 Å². The molecule has 0 radical (unpaired) electrons. The van der Waals surface area contributed by atoms with Gasteiger partial charge in [-0.3, -0.25) is 29.1 Å². The number of benzene rings is 4. The standard InChI is InChI=1S/C24H21FN4O3.C24H21FN4O2.C23H19FN4O2.C23H19FN4O/c1-5-22(30)29(2)19-9-15(10-20(31-3)23(19)25)16-8-17-18(13-28-24(17)27-12-16)14-6-7-26-21(11-14)32-4;1-5-22(30)29(3)20-10-16(11-21(31-4)23(20)25)17-9-18-19(13-28-24(18)27-12-17)15-6-7-26-14(2)8-15;1-4-22(29)28(2)20-10-14(5-6-19(20)24)16-9-17-18(13-27-23(17)26-12-16)15-7-8-25-21(11-15)30-3;1-4-22(29)28(3)21-11-15(5-6-20(21)24)17-10-18-19(13-27-23(18)26-12-17)16-7-8-25-14(2)9-16/h5-13H,1H2,2-4H3,(H,27,28);5-13H,1H2,2-4H3,(H,27,28);4-13H,1H2,2-3H3,(H,26,27);4-13H,1H2,2-3H3,(H,26,27). The SMILES string of the molecule is C=CC(=O)N(C)c1cc(-c2cnc3[nH]cc(-c4ccnc(C)c4)c3c2)cc(OC)c1F.C=CC(=O)N(C)c1cc(-c2cnc3[nH]cc(-c4ccnc(C)c4)c3c2)ccc1F.C=CC(=O)N(C)c1cc(-c2cnc3[nH]cc(-c4ccnc(OC)c4)c3c2)cc(OC)c1F.C=CC(=O)N(C)c1cc(-c2cnc3[nH]cc(-c4ccnc(OC)c4)c3c2)ccc1F. The van der Waals surface area contributed by atoms with Gasteiger partial charge in [-0.25, -0.2) is 47.5 Å². The smallest absolute Gasteiger partial charge is 0.250 e. The van der Waals surface area contributed by atoms with Crippen LogP contribution in [0.5, 0.6) is 23.3 Å². The summed E-state index contributed by atoms with van der Waals surface area (Å²) < 4.78 is 79.3.